The van der Waals surface area contributed by atoms with Gasteiger partial charge in [0.25, 0.3) is 0 Å². The second kappa shape index (κ2) is 14.6. The van der Waals surface area contributed by atoms with Crippen LogP contribution in [0.1, 0.15) is 44.1 Å². The maximum atomic E-state index is 12.3. The first-order valence-electron chi connectivity index (χ1n) is 10.0. The Balaban J connectivity index is 0.00000420. The molecule has 0 saturated carbocycles. The van der Waals surface area contributed by atoms with E-state index in [1.54, 1.807) is 0 Å². The molecule has 29 heavy (non-hydrogen) atoms. The topological polar surface area (TPSA) is 66.8 Å². The van der Waals surface area contributed by atoms with Gasteiger partial charge in [0.15, 0.2) is 0 Å². The predicted octanol–water partition coefficient (Wildman–Crippen LogP) is 3.05. The zero-order chi connectivity index (χ0) is 20.2. The number of amides is 1. The summed E-state index contributed by atoms with van der Waals surface area (Å²) in [7, 11) is 1.39. The standard InChI is InChI=1S/C23H31NO4.Na/c1-28-23(27)14-7-2-3-8-17-24-20(12-9-13-22(24)26)15-16-21(25)18-19-10-5-4-6-11-19;/h3-6,8,10-11,15-16,20-21,25H,2,7,9,12-14,17-18H2,1H3;/b8-3?,16-15+;/t20-,21?;/m1./s1. The van der Waals surface area contributed by atoms with Gasteiger partial charge in [0.2, 0.25) is 5.91 Å². The van der Waals surface area contributed by atoms with Crippen molar-refractivity contribution in [1.29, 1.82) is 0 Å². The Bertz CT molecular complexity index is 675. The molecule has 1 aromatic rings. The van der Waals surface area contributed by atoms with Gasteiger partial charge in [0.1, 0.15) is 0 Å². The fourth-order valence-corrected chi connectivity index (χ4v) is 3.34. The van der Waals surface area contributed by atoms with Gasteiger partial charge >= 0.3 is 5.97 Å². The normalized spacial score (nSPS) is 18.1. The second-order valence-corrected chi connectivity index (χ2v) is 7.09. The summed E-state index contributed by atoms with van der Waals surface area (Å²) < 4.78 is 4.62. The average Bonchev–Trinajstić information content (AvgIpc) is 2.70. The third kappa shape index (κ3) is 9.77. The van der Waals surface area contributed by atoms with Crippen molar-refractivity contribution >= 4 is 41.4 Å². The summed E-state index contributed by atoms with van der Waals surface area (Å²) in [6.07, 6.45) is 12.1. The van der Waals surface area contributed by atoms with Gasteiger partial charge in [0.05, 0.1) is 19.3 Å². The van der Waals surface area contributed by atoms with Crippen LogP contribution in [0.3, 0.4) is 0 Å². The van der Waals surface area contributed by atoms with E-state index in [2.05, 4.69) is 4.74 Å². The van der Waals surface area contributed by atoms with E-state index in [9.17, 15) is 14.7 Å². The van der Waals surface area contributed by atoms with Crippen LogP contribution in [0.4, 0.5) is 0 Å². The predicted molar refractivity (Wildman–Crippen MR) is 115 cm³/mol. The Kier molecular flexibility index (Phi) is 12.9. The van der Waals surface area contributed by atoms with Crippen LogP contribution in [-0.4, -0.2) is 77.2 Å². The van der Waals surface area contributed by atoms with E-state index in [-0.39, 0.29) is 47.5 Å². The number of aliphatic hydroxyl groups excluding tert-OH is 1. The minimum absolute atomic E-state index is 0. The molecule has 1 saturated heterocycles. The van der Waals surface area contributed by atoms with Gasteiger partial charge in [-0.2, -0.15) is 0 Å². The van der Waals surface area contributed by atoms with Crippen LogP contribution < -0.4 is 0 Å². The number of esters is 1. The number of hydrogen-bond acceptors (Lipinski definition) is 4. The summed E-state index contributed by atoms with van der Waals surface area (Å²) in [5.74, 6) is -0.0449. The molecule has 1 aliphatic rings. The first-order valence-corrected chi connectivity index (χ1v) is 10.0. The maximum absolute atomic E-state index is 12.3. The number of piperidine rings is 1. The van der Waals surface area contributed by atoms with Crippen molar-refractivity contribution in [1.82, 2.24) is 4.90 Å². The van der Waals surface area contributed by atoms with Crippen molar-refractivity contribution in [3.05, 3.63) is 60.2 Å². The molecule has 0 spiro atoms. The van der Waals surface area contributed by atoms with Crippen LogP contribution in [0.15, 0.2) is 54.6 Å². The summed E-state index contributed by atoms with van der Waals surface area (Å²) in [4.78, 5) is 25.3. The van der Waals surface area contributed by atoms with Gasteiger partial charge < -0.3 is 14.7 Å². The van der Waals surface area contributed by atoms with Crippen molar-refractivity contribution in [2.75, 3.05) is 13.7 Å². The minimum atomic E-state index is -0.560. The number of methoxy groups -OCH3 is 1. The third-order valence-corrected chi connectivity index (χ3v) is 4.90. The molecule has 153 valence electrons. The number of allylic oxidation sites excluding steroid dienone is 1. The smallest absolute Gasteiger partial charge is 0.305 e. The third-order valence-electron chi connectivity index (χ3n) is 4.90. The van der Waals surface area contributed by atoms with Crippen LogP contribution in [0.5, 0.6) is 0 Å². The summed E-state index contributed by atoms with van der Waals surface area (Å²) >= 11 is 0. The van der Waals surface area contributed by atoms with Crippen LogP contribution in [0.2, 0.25) is 0 Å². The van der Waals surface area contributed by atoms with Crippen molar-refractivity contribution in [2.24, 2.45) is 0 Å². The molecule has 0 bridgehead atoms. The molecule has 1 aliphatic heterocycles. The molecule has 1 N–H and O–H groups in total. The summed E-state index contributed by atoms with van der Waals surface area (Å²) in [5, 5.41) is 10.3. The van der Waals surface area contributed by atoms with Gasteiger partial charge in [-0.1, -0.05) is 54.6 Å². The first-order chi connectivity index (χ1) is 13.6. The fraction of sp³-hybridized carbons (Fsp3) is 0.478. The number of ether oxygens (including phenoxy) is 1. The average molecular weight is 408 g/mol. The molecule has 1 unspecified atom stereocenters. The second-order valence-electron chi connectivity index (χ2n) is 7.09. The molecule has 1 amide bonds. The van der Waals surface area contributed by atoms with E-state index in [0.717, 1.165) is 31.2 Å². The molecule has 0 aromatic heterocycles. The zero-order valence-electron chi connectivity index (χ0n) is 17.6. The van der Waals surface area contributed by atoms with Crippen molar-refractivity contribution in [2.45, 2.75) is 57.1 Å². The maximum Gasteiger partial charge on any atom is 0.305 e. The van der Waals surface area contributed by atoms with E-state index in [4.69, 9.17) is 0 Å². The monoisotopic (exact) mass is 408 g/mol. The molecule has 2 atom stereocenters. The SMILES string of the molecule is COC(=O)CCCC=CCN1C(=O)CCC[C@@H]1/C=C/C(O)Cc1ccccc1.[Na]. The van der Waals surface area contributed by atoms with Crippen LogP contribution >= 0.6 is 0 Å². The molecule has 6 heteroatoms. The number of hydrogen-bond donors (Lipinski definition) is 1. The Morgan fingerprint density at radius 1 is 1.31 bits per heavy atom. The number of unbranched alkanes of at least 4 members (excludes halogenated alkanes) is 1. The number of benzene rings is 1. The summed E-state index contributed by atoms with van der Waals surface area (Å²) in [6.45, 7) is 0.556. The molecular formula is C23H31NNaO4. The zero-order valence-corrected chi connectivity index (χ0v) is 19.6. The minimum Gasteiger partial charge on any atom is -0.469 e. The van der Waals surface area contributed by atoms with E-state index < -0.39 is 6.10 Å². The molecule has 2 rings (SSSR count). The fourth-order valence-electron chi connectivity index (χ4n) is 3.34. The number of carbonyl (C=O) groups excluding carboxylic acids is 2. The number of carbonyl (C=O) groups is 2. The van der Waals surface area contributed by atoms with Crippen molar-refractivity contribution < 1.29 is 19.4 Å². The van der Waals surface area contributed by atoms with Crippen LogP contribution in [0.25, 0.3) is 0 Å². The quantitative estimate of drug-likeness (QED) is 0.280. The Hall–Kier alpha value is -1.40. The van der Waals surface area contributed by atoms with Gasteiger partial charge in [-0.3, -0.25) is 9.59 Å². The number of rotatable bonds is 10. The van der Waals surface area contributed by atoms with Crippen LogP contribution in [-0.2, 0) is 20.7 Å². The van der Waals surface area contributed by atoms with E-state index >= 15 is 0 Å². The first kappa shape index (κ1) is 25.6. The van der Waals surface area contributed by atoms with Gasteiger partial charge in [-0.15, -0.1) is 0 Å². The molecule has 1 heterocycles. The van der Waals surface area contributed by atoms with E-state index in [0.29, 0.717) is 25.8 Å². The number of likely N-dealkylation sites (tertiary alicyclic amines) is 1. The molecule has 5 nitrogen and oxygen atoms in total. The molecule has 1 radical (unpaired) electrons. The molecule has 1 aromatic carbocycles. The van der Waals surface area contributed by atoms with Gasteiger partial charge in [-0.05, 0) is 31.2 Å². The van der Waals surface area contributed by atoms with Crippen molar-refractivity contribution in [3.63, 3.8) is 0 Å². The molecule has 1 fully saturated rings. The molecular weight excluding hydrogens is 377 g/mol. The Morgan fingerprint density at radius 3 is 2.79 bits per heavy atom. The van der Waals surface area contributed by atoms with Crippen LogP contribution in [0, 0.1) is 0 Å². The molecule has 0 aliphatic carbocycles. The summed E-state index contributed by atoms with van der Waals surface area (Å²) in [5.41, 5.74) is 1.09. The Labute approximate surface area is 196 Å². The van der Waals surface area contributed by atoms with Gasteiger partial charge in [-0.25, -0.2) is 0 Å². The Morgan fingerprint density at radius 2 is 2.07 bits per heavy atom. The van der Waals surface area contributed by atoms with E-state index in [1.165, 1.54) is 7.11 Å². The van der Waals surface area contributed by atoms with Gasteiger partial charge in [0, 0.05) is 55.4 Å². The largest absolute Gasteiger partial charge is 0.469 e. The van der Waals surface area contributed by atoms with Crippen molar-refractivity contribution in [3.8, 4) is 0 Å². The number of aliphatic hydroxyl groups is 1. The summed E-state index contributed by atoms with van der Waals surface area (Å²) in [6, 6.07) is 9.90. The number of nitrogens with zero attached hydrogens (tertiary/aromatic N) is 1. The van der Waals surface area contributed by atoms with E-state index in [1.807, 2.05) is 59.5 Å².